The van der Waals surface area contributed by atoms with Crippen molar-refractivity contribution in [1.29, 1.82) is 0 Å². The number of alkyl halides is 1. The molecule has 1 aromatic carbocycles. The topological polar surface area (TPSA) is 49.6 Å². The van der Waals surface area contributed by atoms with Gasteiger partial charge in [-0.25, -0.2) is 4.39 Å². The van der Waals surface area contributed by atoms with Crippen molar-refractivity contribution in [2.24, 2.45) is 17.6 Å². The van der Waals surface area contributed by atoms with Crippen LogP contribution in [0.15, 0.2) is 24.3 Å². The van der Waals surface area contributed by atoms with E-state index in [1.165, 1.54) is 5.69 Å². The van der Waals surface area contributed by atoms with E-state index in [2.05, 4.69) is 21.9 Å². The van der Waals surface area contributed by atoms with Gasteiger partial charge in [0.15, 0.2) is 0 Å². The van der Waals surface area contributed by atoms with E-state index >= 15 is 0 Å². The Morgan fingerprint density at radius 1 is 1.17 bits per heavy atom. The number of likely N-dealkylation sites (tertiary alicyclic amines) is 1. The summed E-state index contributed by atoms with van der Waals surface area (Å²) in [5, 5.41) is 0.742. The third-order valence-electron chi connectivity index (χ3n) is 6.05. The van der Waals surface area contributed by atoms with Crippen LogP contribution in [0.5, 0.6) is 0 Å². The third kappa shape index (κ3) is 2.78. The van der Waals surface area contributed by atoms with Gasteiger partial charge in [0, 0.05) is 42.8 Å². The van der Waals surface area contributed by atoms with Gasteiger partial charge in [-0.3, -0.25) is 9.69 Å². The Morgan fingerprint density at radius 2 is 1.92 bits per heavy atom. The lowest BCUT2D eigenvalue weighted by Crippen LogP contribution is -2.48. The Morgan fingerprint density at radius 3 is 2.62 bits per heavy atom. The summed E-state index contributed by atoms with van der Waals surface area (Å²) in [5.74, 6) is 0.705. The van der Waals surface area contributed by atoms with Gasteiger partial charge in [-0.15, -0.1) is 0 Å². The molecule has 0 unspecified atom stereocenters. The number of amides is 1. The van der Waals surface area contributed by atoms with Crippen LogP contribution in [0.2, 0.25) is 5.02 Å². The van der Waals surface area contributed by atoms with Gasteiger partial charge >= 0.3 is 0 Å². The van der Waals surface area contributed by atoms with Crippen molar-refractivity contribution in [2.45, 2.75) is 37.5 Å². The lowest BCUT2D eigenvalue weighted by atomic mass is 9.96. The van der Waals surface area contributed by atoms with Crippen molar-refractivity contribution >= 4 is 23.2 Å². The second-order valence-electron chi connectivity index (χ2n) is 7.40. The Balaban J connectivity index is 1.50. The average molecular weight is 352 g/mol. The molecule has 5 atom stereocenters. The first-order chi connectivity index (χ1) is 11.5. The number of nitrogens with two attached hydrogens (primary N) is 1. The molecule has 0 radical (unpaired) electrons. The number of hydrogen-bond donors (Lipinski definition) is 1. The van der Waals surface area contributed by atoms with Crippen LogP contribution in [0.25, 0.3) is 0 Å². The molecule has 2 saturated heterocycles. The van der Waals surface area contributed by atoms with Crippen LogP contribution in [-0.2, 0) is 4.79 Å². The van der Waals surface area contributed by atoms with E-state index in [1.807, 2.05) is 12.1 Å². The molecule has 24 heavy (non-hydrogen) atoms. The maximum Gasteiger partial charge on any atom is 0.234 e. The smallest absolute Gasteiger partial charge is 0.234 e. The fourth-order valence-corrected chi connectivity index (χ4v) is 5.09. The molecule has 0 aromatic heterocycles. The quantitative estimate of drug-likeness (QED) is 0.910. The maximum absolute atomic E-state index is 13.9. The van der Waals surface area contributed by atoms with Crippen LogP contribution < -0.4 is 10.6 Å². The largest absolute Gasteiger partial charge is 0.371 e. The predicted molar refractivity (Wildman–Crippen MR) is 92.9 cm³/mol. The highest BCUT2D eigenvalue weighted by molar-refractivity contribution is 6.30. The van der Waals surface area contributed by atoms with Crippen LogP contribution >= 0.6 is 11.6 Å². The molecule has 1 aromatic rings. The van der Waals surface area contributed by atoms with Gasteiger partial charge < -0.3 is 10.6 Å². The minimum absolute atomic E-state index is 0.254. The van der Waals surface area contributed by atoms with Gasteiger partial charge in [0.2, 0.25) is 5.91 Å². The standard InChI is InChI=1S/C18H23ClFN3O/c19-12-2-4-14(5-3-12)22-8-11-1-6-16(15(11)10-22)23-9-13(20)7-17(23)18(21)24/h2-5,11,13,15-17H,1,6-10H2,(H2,21,24)/t11-,13-,15+,16+,17+/m1/s1. The molecule has 2 N–H and O–H groups in total. The maximum atomic E-state index is 13.9. The lowest BCUT2D eigenvalue weighted by molar-refractivity contribution is -0.123. The Hall–Kier alpha value is -1.33. The molecule has 2 heterocycles. The molecule has 2 aliphatic heterocycles. The monoisotopic (exact) mass is 351 g/mol. The predicted octanol–water partition coefficient (Wildman–Crippen LogP) is 2.45. The first-order valence-corrected chi connectivity index (χ1v) is 9.10. The second kappa shape index (κ2) is 6.19. The zero-order valence-electron chi connectivity index (χ0n) is 13.6. The number of anilines is 1. The van der Waals surface area contributed by atoms with Crippen molar-refractivity contribution in [2.75, 3.05) is 24.5 Å². The number of nitrogens with zero attached hydrogens (tertiary/aromatic N) is 2. The van der Waals surface area contributed by atoms with Crippen molar-refractivity contribution in [3.63, 3.8) is 0 Å². The summed E-state index contributed by atoms with van der Waals surface area (Å²) in [4.78, 5) is 16.2. The molecule has 4 nitrogen and oxygen atoms in total. The van der Waals surface area contributed by atoms with Gasteiger partial charge in [-0.1, -0.05) is 11.6 Å². The summed E-state index contributed by atoms with van der Waals surface area (Å²) >= 11 is 5.98. The number of halogens is 2. The van der Waals surface area contributed by atoms with E-state index in [9.17, 15) is 9.18 Å². The number of primary amides is 1. The van der Waals surface area contributed by atoms with Crippen LogP contribution in [0.4, 0.5) is 10.1 Å². The van der Waals surface area contributed by atoms with Gasteiger partial charge in [-0.2, -0.15) is 0 Å². The van der Waals surface area contributed by atoms with Crippen molar-refractivity contribution in [3.05, 3.63) is 29.3 Å². The van der Waals surface area contributed by atoms with Gasteiger partial charge in [0.25, 0.3) is 0 Å². The van der Waals surface area contributed by atoms with Crippen LogP contribution in [0, 0.1) is 11.8 Å². The highest BCUT2D eigenvalue weighted by atomic mass is 35.5. The number of benzene rings is 1. The third-order valence-corrected chi connectivity index (χ3v) is 6.31. The Bertz CT molecular complexity index is 625. The van der Waals surface area contributed by atoms with Crippen molar-refractivity contribution < 1.29 is 9.18 Å². The van der Waals surface area contributed by atoms with E-state index in [4.69, 9.17) is 17.3 Å². The lowest BCUT2D eigenvalue weighted by Gasteiger charge is -2.33. The van der Waals surface area contributed by atoms with E-state index in [1.54, 1.807) is 0 Å². The van der Waals surface area contributed by atoms with Crippen LogP contribution in [-0.4, -0.2) is 48.7 Å². The Kier molecular flexibility index (Phi) is 4.17. The van der Waals surface area contributed by atoms with E-state index in [-0.39, 0.29) is 18.4 Å². The minimum Gasteiger partial charge on any atom is -0.371 e. The molecule has 1 amide bonds. The molecule has 3 fully saturated rings. The van der Waals surface area contributed by atoms with Crippen LogP contribution in [0.3, 0.4) is 0 Å². The molecule has 1 aliphatic carbocycles. The molecule has 3 aliphatic rings. The number of carbonyl (C=O) groups is 1. The molecular weight excluding hydrogens is 329 g/mol. The fraction of sp³-hybridized carbons (Fsp3) is 0.611. The van der Waals surface area contributed by atoms with E-state index in [0.29, 0.717) is 18.4 Å². The zero-order valence-corrected chi connectivity index (χ0v) is 14.3. The number of hydrogen-bond acceptors (Lipinski definition) is 3. The van der Waals surface area contributed by atoms with Crippen molar-refractivity contribution in [1.82, 2.24) is 4.90 Å². The summed E-state index contributed by atoms with van der Waals surface area (Å²) in [6.45, 7) is 2.33. The van der Waals surface area contributed by atoms with Gasteiger partial charge in [-0.05, 0) is 48.9 Å². The van der Waals surface area contributed by atoms with Gasteiger partial charge in [0.05, 0.1) is 6.04 Å². The summed E-state index contributed by atoms with van der Waals surface area (Å²) in [7, 11) is 0. The summed E-state index contributed by atoms with van der Waals surface area (Å²) in [5.41, 5.74) is 6.70. The van der Waals surface area contributed by atoms with E-state index < -0.39 is 12.2 Å². The zero-order chi connectivity index (χ0) is 16.8. The molecule has 1 saturated carbocycles. The first kappa shape index (κ1) is 16.2. The SMILES string of the molecule is NC(=O)[C@@H]1C[C@@H](F)CN1[C@H]1CC[C@@H]2CN(c3ccc(Cl)cc3)C[C@@H]21. The van der Waals surface area contributed by atoms with E-state index in [0.717, 1.165) is 31.0 Å². The molecule has 0 bridgehead atoms. The Labute approximate surface area is 146 Å². The molecule has 0 spiro atoms. The van der Waals surface area contributed by atoms with Crippen LogP contribution in [0.1, 0.15) is 19.3 Å². The fourth-order valence-electron chi connectivity index (χ4n) is 4.97. The summed E-state index contributed by atoms with van der Waals surface area (Å²) in [6, 6.07) is 7.77. The summed E-state index contributed by atoms with van der Waals surface area (Å²) < 4.78 is 13.9. The summed E-state index contributed by atoms with van der Waals surface area (Å²) in [6.07, 6.45) is 1.50. The van der Waals surface area contributed by atoms with Gasteiger partial charge in [0.1, 0.15) is 6.17 Å². The first-order valence-electron chi connectivity index (χ1n) is 8.72. The second-order valence-corrected chi connectivity index (χ2v) is 7.83. The molecule has 6 heteroatoms. The normalized spacial score (nSPS) is 36.2. The van der Waals surface area contributed by atoms with Crippen molar-refractivity contribution in [3.8, 4) is 0 Å². The molecular formula is C18H23ClFN3O. The highest BCUT2D eigenvalue weighted by Crippen LogP contribution is 2.44. The number of carbonyl (C=O) groups excluding carboxylic acids is 1. The molecule has 130 valence electrons. The number of fused-ring (bicyclic) bond motifs is 1. The highest BCUT2D eigenvalue weighted by Gasteiger charge is 2.49. The molecule has 4 rings (SSSR count). The number of rotatable bonds is 3. The average Bonchev–Trinajstić information content (AvgIpc) is 3.21. The minimum atomic E-state index is -0.935.